The molecule has 4 nitrogen and oxygen atoms in total. The van der Waals surface area contributed by atoms with E-state index in [2.05, 4.69) is 10.5 Å². The van der Waals surface area contributed by atoms with E-state index in [9.17, 15) is 17.6 Å². The van der Waals surface area contributed by atoms with Gasteiger partial charge in [-0.2, -0.15) is 13.2 Å². The van der Waals surface area contributed by atoms with Crippen LogP contribution in [0.5, 0.6) is 0 Å². The maximum atomic E-state index is 13.3. The summed E-state index contributed by atoms with van der Waals surface area (Å²) >= 11 is 0. The van der Waals surface area contributed by atoms with Gasteiger partial charge in [0.25, 0.3) is 0 Å². The second kappa shape index (κ2) is 6.77. The number of alkyl halides is 3. The highest BCUT2D eigenvalue weighted by atomic mass is 19.4. The van der Waals surface area contributed by atoms with E-state index in [1.54, 1.807) is 25.1 Å². The van der Waals surface area contributed by atoms with Gasteiger partial charge in [0, 0.05) is 17.8 Å². The van der Waals surface area contributed by atoms with Crippen LogP contribution in [-0.2, 0) is 12.7 Å². The standard InChI is InChI=1S/C16H15F4N3O/c1-9-2-4-11(15(21)23-24)7-14(9)22-8-10-3-5-13(17)12(6-10)16(18,19)20/h2-7,22,24H,8H2,1H3,(H2,21,23). The van der Waals surface area contributed by atoms with Crippen LogP contribution >= 0.6 is 0 Å². The molecule has 0 atom stereocenters. The molecule has 2 aromatic rings. The summed E-state index contributed by atoms with van der Waals surface area (Å²) in [7, 11) is 0. The summed E-state index contributed by atoms with van der Waals surface area (Å²) in [6.07, 6.45) is -4.75. The normalized spacial score (nSPS) is 12.3. The third-order valence-electron chi connectivity index (χ3n) is 3.46. The SMILES string of the molecule is Cc1ccc(C(N)=NO)cc1NCc1ccc(F)c(C(F)(F)F)c1. The first kappa shape index (κ1) is 17.6. The second-order valence-electron chi connectivity index (χ2n) is 5.18. The van der Waals surface area contributed by atoms with Crippen LogP contribution in [0.3, 0.4) is 0 Å². The lowest BCUT2D eigenvalue weighted by atomic mass is 10.1. The molecule has 128 valence electrons. The van der Waals surface area contributed by atoms with Crippen LogP contribution in [0.4, 0.5) is 23.2 Å². The van der Waals surface area contributed by atoms with Crippen molar-refractivity contribution < 1.29 is 22.8 Å². The number of oxime groups is 1. The number of anilines is 1. The van der Waals surface area contributed by atoms with Crippen molar-refractivity contribution >= 4 is 11.5 Å². The molecule has 0 unspecified atom stereocenters. The molecular formula is C16H15F4N3O. The van der Waals surface area contributed by atoms with Gasteiger partial charge in [0.1, 0.15) is 5.82 Å². The van der Waals surface area contributed by atoms with Crippen molar-refractivity contribution in [2.24, 2.45) is 10.9 Å². The predicted octanol–water partition coefficient (Wildman–Crippen LogP) is 3.86. The van der Waals surface area contributed by atoms with Crippen molar-refractivity contribution in [3.63, 3.8) is 0 Å². The molecule has 0 aliphatic rings. The first-order valence-corrected chi connectivity index (χ1v) is 6.90. The first-order chi connectivity index (χ1) is 11.2. The number of hydrogen-bond donors (Lipinski definition) is 3. The Balaban J connectivity index is 2.23. The average molecular weight is 341 g/mol. The summed E-state index contributed by atoms with van der Waals surface area (Å²) in [5.41, 5.74) is 6.37. The topological polar surface area (TPSA) is 70.6 Å². The van der Waals surface area contributed by atoms with E-state index in [0.29, 0.717) is 11.3 Å². The van der Waals surface area contributed by atoms with Crippen LogP contribution < -0.4 is 11.1 Å². The van der Waals surface area contributed by atoms with Gasteiger partial charge in [-0.15, -0.1) is 0 Å². The summed E-state index contributed by atoms with van der Waals surface area (Å²) in [5, 5.41) is 14.6. The number of hydrogen-bond acceptors (Lipinski definition) is 3. The number of nitrogens with zero attached hydrogens (tertiary/aromatic N) is 1. The molecule has 0 amide bonds. The van der Waals surface area contributed by atoms with Gasteiger partial charge >= 0.3 is 6.18 Å². The minimum Gasteiger partial charge on any atom is -0.409 e. The summed E-state index contributed by atoms with van der Waals surface area (Å²) in [5.74, 6) is -1.39. The van der Waals surface area contributed by atoms with Gasteiger partial charge in [-0.05, 0) is 36.2 Å². The van der Waals surface area contributed by atoms with Crippen LogP contribution in [0.15, 0.2) is 41.6 Å². The molecule has 24 heavy (non-hydrogen) atoms. The van der Waals surface area contributed by atoms with Crippen LogP contribution in [-0.4, -0.2) is 11.0 Å². The van der Waals surface area contributed by atoms with Crippen molar-refractivity contribution in [2.75, 3.05) is 5.32 Å². The fraction of sp³-hybridized carbons (Fsp3) is 0.188. The van der Waals surface area contributed by atoms with Gasteiger partial charge in [0.05, 0.1) is 5.56 Å². The van der Waals surface area contributed by atoms with Gasteiger partial charge in [0.15, 0.2) is 5.84 Å². The number of nitrogens with two attached hydrogens (primary N) is 1. The zero-order chi connectivity index (χ0) is 17.9. The summed E-state index contributed by atoms with van der Waals surface area (Å²) < 4.78 is 51.5. The Kier molecular flexibility index (Phi) is 4.96. The quantitative estimate of drug-likeness (QED) is 0.260. The van der Waals surface area contributed by atoms with E-state index in [-0.39, 0.29) is 17.9 Å². The third-order valence-corrected chi connectivity index (χ3v) is 3.46. The van der Waals surface area contributed by atoms with Crippen LogP contribution in [0, 0.1) is 12.7 Å². The lowest BCUT2D eigenvalue weighted by molar-refractivity contribution is -0.140. The van der Waals surface area contributed by atoms with Gasteiger partial charge in [0.2, 0.25) is 0 Å². The van der Waals surface area contributed by atoms with E-state index in [0.717, 1.165) is 17.7 Å². The maximum Gasteiger partial charge on any atom is 0.419 e. The Bertz CT molecular complexity index is 772. The van der Waals surface area contributed by atoms with Crippen LogP contribution in [0.25, 0.3) is 0 Å². The smallest absolute Gasteiger partial charge is 0.409 e. The number of rotatable bonds is 4. The van der Waals surface area contributed by atoms with E-state index in [4.69, 9.17) is 10.9 Å². The maximum absolute atomic E-state index is 13.3. The molecule has 2 aromatic carbocycles. The molecule has 0 aromatic heterocycles. The molecule has 2 rings (SSSR count). The molecular weight excluding hydrogens is 326 g/mol. The zero-order valence-corrected chi connectivity index (χ0v) is 12.7. The van der Waals surface area contributed by atoms with Crippen LogP contribution in [0.2, 0.25) is 0 Å². The highest BCUT2D eigenvalue weighted by Crippen LogP contribution is 2.32. The Labute approximate surface area is 135 Å². The number of nitrogens with one attached hydrogen (secondary N) is 1. The Morgan fingerprint density at radius 3 is 2.54 bits per heavy atom. The molecule has 0 aliphatic carbocycles. The number of aryl methyl sites for hydroxylation is 1. The van der Waals surface area contributed by atoms with Gasteiger partial charge < -0.3 is 16.3 Å². The molecule has 0 saturated heterocycles. The lowest BCUT2D eigenvalue weighted by Gasteiger charge is -2.13. The first-order valence-electron chi connectivity index (χ1n) is 6.90. The zero-order valence-electron chi connectivity index (χ0n) is 12.7. The molecule has 0 radical (unpaired) electrons. The van der Waals surface area contributed by atoms with Crippen LogP contribution in [0.1, 0.15) is 22.3 Å². The minimum atomic E-state index is -4.75. The second-order valence-corrected chi connectivity index (χ2v) is 5.18. The number of halogens is 4. The summed E-state index contributed by atoms with van der Waals surface area (Å²) in [6.45, 7) is 1.86. The van der Waals surface area contributed by atoms with Gasteiger partial charge in [-0.3, -0.25) is 0 Å². The van der Waals surface area contributed by atoms with E-state index < -0.39 is 17.6 Å². The highest BCUT2D eigenvalue weighted by Gasteiger charge is 2.34. The lowest BCUT2D eigenvalue weighted by Crippen LogP contribution is -2.14. The Morgan fingerprint density at radius 1 is 1.21 bits per heavy atom. The van der Waals surface area contributed by atoms with Crippen molar-refractivity contribution in [3.05, 3.63) is 64.5 Å². The van der Waals surface area contributed by atoms with Crippen molar-refractivity contribution in [1.82, 2.24) is 0 Å². The number of benzene rings is 2. The predicted molar refractivity (Wildman–Crippen MR) is 82.4 cm³/mol. The van der Waals surface area contributed by atoms with Crippen molar-refractivity contribution in [1.29, 1.82) is 0 Å². The molecule has 0 saturated carbocycles. The monoisotopic (exact) mass is 341 g/mol. The molecule has 0 aliphatic heterocycles. The Hall–Kier alpha value is -2.77. The minimum absolute atomic E-state index is 0.0594. The van der Waals surface area contributed by atoms with Gasteiger partial charge in [-0.1, -0.05) is 23.4 Å². The fourth-order valence-corrected chi connectivity index (χ4v) is 2.13. The van der Waals surface area contributed by atoms with E-state index in [1.807, 2.05) is 0 Å². The molecule has 8 heteroatoms. The third kappa shape index (κ3) is 3.95. The number of amidine groups is 1. The van der Waals surface area contributed by atoms with Crippen molar-refractivity contribution in [3.8, 4) is 0 Å². The molecule has 0 bridgehead atoms. The molecule has 4 N–H and O–H groups in total. The highest BCUT2D eigenvalue weighted by molar-refractivity contribution is 5.98. The van der Waals surface area contributed by atoms with Gasteiger partial charge in [-0.25, -0.2) is 4.39 Å². The fourth-order valence-electron chi connectivity index (χ4n) is 2.13. The Morgan fingerprint density at radius 2 is 1.92 bits per heavy atom. The molecule has 0 fully saturated rings. The summed E-state index contributed by atoms with van der Waals surface area (Å²) in [6, 6.07) is 7.82. The van der Waals surface area contributed by atoms with Crippen molar-refractivity contribution in [2.45, 2.75) is 19.6 Å². The molecule has 0 spiro atoms. The average Bonchev–Trinajstić information content (AvgIpc) is 2.53. The summed E-state index contributed by atoms with van der Waals surface area (Å²) in [4.78, 5) is 0. The van der Waals surface area contributed by atoms with E-state index >= 15 is 0 Å². The molecule has 0 heterocycles. The largest absolute Gasteiger partial charge is 0.419 e. The van der Waals surface area contributed by atoms with E-state index in [1.165, 1.54) is 6.07 Å².